The molecule has 0 aliphatic carbocycles. The van der Waals surface area contributed by atoms with Gasteiger partial charge >= 0.3 is 0 Å². The zero-order valence-corrected chi connectivity index (χ0v) is 11.0. The zero-order chi connectivity index (χ0) is 13.2. The third-order valence-electron chi connectivity index (χ3n) is 2.97. The summed E-state index contributed by atoms with van der Waals surface area (Å²) in [4.78, 5) is 4.27. The van der Waals surface area contributed by atoms with Crippen LogP contribution in [0.15, 0.2) is 41.1 Å². The molecule has 0 spiro atoms. The standard InChI is InChI=1S/C15H15N3O/c1-10-6-11(2)8-12(7-10)9-17-15-14-13(19-18-15)4-3-5-16-14/h3-8H,9H2,1-2H3,(H,17,18). The molecule has 19 heavy (non-hydrogen) atoms. The highest BCUT2D eigenvalue weighted by molar-refractivity contribution is 5.83. The first kappa shape index (κ1) is 11.7. The maximum Gasteiger partial charge on any atom is 0.196 e. The molecular weight excluding hydrogens is 238 g/mol. The molecule has 0 aliphatic rings. The number of benzene rings is 1. The van der Waals surface area contributed by atoms with Crippen LogP contribution in [0.25, 0.3) is 11.1 Å². The lowest BCUT2D eigenvalue weighted by molar-refractivity contribution is 0.459. The summed E-state index contributed by atoms with van der Waals surface area (Å²) in [7, 11) is 0. The predicted octanol–water partition coefficient (Wildman–Crippen LogP) is 3.45. The van der Waals surface area contributed by atoms with Crippen molar-refractivity contribution in [1.82, 2.24) is 10.1 Å². The monoisotopic (exact) mass is 253 g/mol. The van der Waals surface area contributed by atoms with Crippen LogP contribution in [-0.4, -0.2) is 10.1 Å². The maximum atomic E-state index is 5.21. The van der Waals surface area contributed by atoms with Gasteiger partial charge < -0.3 is 9.84 Å². The minimum absolute atomic E-state index is 0.690. The van der Waals surface area contributed by atoms with Crippen LogP contribution in [0, 0.1) is 13.8 Å². The van der Waals surface area contributed by atoms with Gasteiger partial charge in [-0.2, -0.15) is 0 Å². The van der Waals surface area contributed by atoms with E-state index >= 15 is 0 Å². The lowest BCUT2D eigenvalue weighted by Crippen LogP contribution is -2.01. The van der Waals surface area contributed by atoms with E-state index in [1.165, 1.54) is 16.7 Å². The second-order valence-corrected chi connectivity index (χ2v) is 4.73. The van der Waals surface area contributed by atoms with E-state index in [1.807, 2.05) is 12.1 Å². The van der Waals surface area contributed by atoms with E-state index in [9.17, 15) is 0 Å². The van der Waals surface area contributed by atoms with Crippen LogP contribution >= 0.6 is 0 Å². The molecule has 0 amide bonds. The number of nitrogens with one attached hydrogen (secondary N) is 1. The summed E-state index contributed by atoms with van der Waals surface area (Å²) < 4.78 is 5.21. The van der Waals surface area contributed by atoms with Crippen molar-refractivity contribution in [3.05, 3.63) is 53.2 Å². The van der Waals surface area contributed by atoms with E-state index in [1.54, 1.807) is 6.20 Å². The van der Waals surface area contributed by atoms with Crippen LogP contribution in [0.4, 0.5) is 5.82 Å². The van der Waals surface area contributed by atoms with Gasteiger partial charge in [0, 0.05) is 12.7 Å². The second kappa shape index (κ2) is 4.72. The minimum atomic E-state index is 0.690. The van der Waals surface area contributed by atoms with E-state index in [0.717, 1.165) is 5.52 Å². The lowest BCUT2D eigenvalue weighted by atomic mass is 10.1. The highest BCUT2D eigenvalue weighted by atomic mass is 16.5. The molecule has 2 aromatic heterocycles. The van der Waals surface area contributed by atoms with Gasteiger partial charge in [0.05, 0.1) is 0 Å². The fraction of sp³-hybridized carbons (Fsp3) is 0.200. The summed E-state index contributed by atoms with van der Waals surface area (Å²) in [6.07, 6.45) is 1.74. The molecule has 1 aromatic carbocycles. The molecule has 2 heterocycles. The highest BCUT2D eigenvalue weighted by Crippen LogP contribution is 2.20. The molecule has 4 heteroatoms. The highest BCUT2D eigenvalue weighted by Gasteiger charge is 2.08. The molecule has 0 bridgehead atoms. The van der Waals surface area contributed by atoms with Gasteiger partial charge in [0.1, 0.15) is 0 Å². The van der Waals surface area contributed by atoms with Crippen LogP contribution in [-0.2, 0) is 6.54 Å². The number of fused-ring (bicyclic) bond motifs is 1. The van der Waals surface area contributed by atoms with E-state index < -0.39 is 0 Å². The van der Waals surface area contributed by atoms with E-state index in [0.29, 0.717) is 17.9 Å². The summed E-state index contributed by atoms with van der Waals surface area (Å²) in [6, 6.07) is 10.2. The SMILES string of the molecule is Cc1cc(C)cc(CNc2noc3cccnc23)c1. The van der Waals surface area contributed by atoms with Crippen molar-refractivity contribution in [2.45, 2.75) is 20.4 Å². The Hall–Kier alpha value is -2.36. The Kier molecular flexibility index (Phi) is 2.91. The molecule has 0 radical (unpaired) electrons. The van der Waals surface area contributed by atoms with E-state index in [-0.39, 0.29) is 0 Å². The number of hydrogen-bond acceptors (Lipinski definition) is 4. The van der Waals surface area contributed by atoms with Gasteiger partial charge in [-0.1, -0.05) is 34.5 Å². The van der Waals surface area contributed by atoms with Crippen molar-refractivity contribution in [3.63, 3.8) is 0 Å². The van der Waals surface area contributed by atoms with Crippen molar-refractivity contribution < 1.29 is 4.52 Å². The topological polar surface area (TPSA) is 51.0 Å². The van der Waals surface area contributed by atoms with Crippen molar-refractivity contribution >= 4 is 16.9 Å². The van der Waals surface area contributed by atoms with Crippen LogP contribution < -0.4 is 5.32 Å². The Labute approximate surface area is 111 Å². The van der Waals surface area contributed by atoms with Gasteiger partial charge in [0.2, 0.25) is 0 Å². The largest absolute Gasteiger partial charge is 0.361 e. The second-order valence-electron chi connectivity index (χ2n) is 4.73. The summed E-state index contributed by atoms with van der Waals surface area (Å²) in [5.74, 6) is 0.690. The molecule has 3 aromatic rings. The molecule has 4 nitrogen and oxygen atoms in total. The summed E-state index contributed by atoms with van der Waals surface area (Å²) in [5, 5.41) is 7.28. The third-order valence-corrected chi connectivity index (χ3v) is 2.97. The third kappa shape index (κ3) is 2.42. The Morgan fingerprint density at radius 1 is 1.16 bits per heavy atom. The van der Waals surface area contributed by atoms with Crippen LogP contribution in [0.2, 0.25) is 0 Å². The maximum absolute atomic E-state index is 5.21. The fourth-order valence-electron chi connectivity index (χ4n) is 2.25. The minimum Gasteiger partial charge on any atom is -0.361 e. The number of aryl methyl sites for hydroxylation is 2. The molecule has 0 unspecified atom stereocenters. The first-order valence-electron chi connectivity index (χ1n) is 6.24. The van der Waals surface area contributed by atoms with Gasteiger partial charge in [-0.05, 0) is 31.5 Å². The molecule has 3 rings (SSSR count). The number of hydrogen-bond donors (Lipinski definition) is 1. The number of nitrogens with zero attached hydrogens (tertiary/aromatic N) is 2. The Bertz CT molecular complexity index is 698. The van der Waals surface area contributed by atoms with Crippen LogP contribution in [0.3, 0.4) is 0 Å². The Balaban J connectivity index is 1.82. The molecule has 0 saturated heterocycles. The van der Waals surface area contributed by atoms with E-state index in [4.69, 9.17) is 4.52 Å². The summed E-state index contributed by atoms with van der Waals surface area (Å²) >= 11 is 0. The molecular formula is C15H15N3O. The average Bonchev–Trinajstić information content (AvgIpc) is 2.78. The average molecular weight is 253 g/mol. The normalized spacial score (nSPS) is 10.8. The molecule has 0 saturated carbocycles. The Morgan fingerprint density at radius 2 is 1.95 bits per heavy atom. The number of rotatable bonds is 3. The van der Waals surface area contributed by atoms with Crippen molar-refractivity contribution in [3.8, 4) is 0 Å². The van der Waals surface area contributed by atoms with Crippen molar-refractivity contribution in [2.24, 2.45) is 0 Å². The number of aromatic nitrogens is 2. The van der Waals surface area contributed by atoms with Gasteiger partial charge in [-0.25, -0.2) is 4.98 Å². The van der Waals surface area contributed by atoms with Crippen LogP contribution in [0.5, 0.6) is 0 Å². The molecule has 96 valence electrons. The number of anilines is 1. The summed E-state index contributed by atoms with van der Waals surface area (Å²) in [5.41, 5.74) is 5.22. The molecule has 0 aliphatic heterocycles. The fourth-order valence-corrected chi connectivity index (χ4v) is 2.25. The van der Waals surface area contributed by atoms with Crippen molar-refractivity contribution in [2.75, 3.05) is 5.32 Å². The first-order chi connectivity index (χ1) is 9.22. The summed E-state index contributed by atoms with van der Waals surface area (Å²) in [6.45, 7) is 4.91. The lowest BCUT2D eigenvalue weighted by Gasteiger charge is -2.05. The predicted molar refractivity (Wildman–Crippen MR) is 75.0 cm³/mol. The first-order valence-corrected chi connectivity index (χ1v) is 6.24. The molecule has 1 N–H and O–H groups in total. The van der Waals surface area contributed by atoms with Crippen LogP contribution in [0.1, 0.15) is 16.7 Å². The van der Waals surface area contributed by atoms with Gasteiger partial charge in [-0.15, -0.1) is 0 Å². The van der Waals surface area contributed by atoms with Gasteiger partial charge in [-0.3, -0.25) is 0 Å². The van der Waals surface area contributed by atoms with Crippen molar-refractivity contribution in [1.29, 1.82) is 0 Å². The van der Waals surface area contributed by atoms with Gasteiger partial charge in [0.15, 0.2) is 16.9 Å². The number of pyridine rings is 1. The van der Waals surface area contributed by atoms with E-state index in [2.05, 4.69) is 47.5 Å². The Morgan fingerprint density at radius 3 is 2.74 bits per heavy atom. The molecule has 0 fully saturated rings. The quantitative estimate of drug-likeness (QED) is 0.776. The smallest absolute Gasteiger partial charge is 0.196 e. The van der Waals surface area contributed by atoms with Gasteiger partial charge in [0.25, 0.3) is 0 Å². The molecule has 0 atom stereocenters. The zero-order valence-electron chi connectivity index (χ0n) is 11.0.